The van der Waals surface area contributed by atoms with Crippen molar-refractivity contribution >= 4 is 12.2 Å². The third kappa shape index (κ3) is 4.31. The van der Waals surface area contributed by atoms with Crippen molar-refractivity contribution in [2.75, 3.05) is 0 Å². The van der Waals surface area contributed by atoms with E-state index in [0.29, 0.717) is 0 Å². The van der Waals surface area contributed by atoms with Gasteiger partial charge in [0.05, 0.1) is 0 Å². The van der Waals surface area contributed by atoms with Crippen LogP contribution in [-0.4, -0.2) is 0 Å². The van der Waals surface area contributed by atoms with Crippen molar-refractivity contribution in [2.45, 2.75) is 27.7 Å². The van der Waals surface area contributed by atoms with E-state index < -0.39 is 0 Å². The summed E-state index contributed by atoms with van der Waals surface area (Å²) in [4.78, 5) is 0. The molecule has 0 fully saturated rings. The average molecular weight is 214 g/mol. The zero-order chi connectivity index (χ0) is 12.4. The molecule has 0 aromatic heterocycles. The molecule has 0 atom stereocenters. The van der Waals surface area contributed by atoms with Gasteiger partial charge in [-0.1, -0.05) is 69.0 Å². The fourth-order valence-electron chi connectivity index (χ4n) is 1.37. The fraction of sp³-hybridized carbons (Fsp3) is 0.250. The topological polar surface area (TPSA) is 0 Å². The molecule has 0 heterocycles. The Balaban J connectivity index is 0.00000106. The first-order chi connectivity index (χ1) is 7.79. The van der Waals surface area contributed by atoms with E-state index >= 15 is 0 Å². The van der Waals surface area contributed by atoms with Crippen LogP contribution in [0.5, 0.6) is 0 Å². The quantitative estimate of drug-likeness (QED) is 0.602. The van der Waals surface area contributed by atoms with Gasteiger partial charge < -0.3 is 0 Å². The molecule has 0 bridgehead atoms. The van der Waals surface area contributed by atoms with Crippen LogP contribution < -0.4 is 0 Å². The number of allylic oxidation sites excluding steroid dienone is 3. The van der Waals surface area contributed by atoms with Gasteiger partial charge in [-0.3, -0.25) is 0 Å². The lowest BCUT2D eigenvalue weighted by atomic mass is 10.0. The highest BCUT2D eigenvalue weighted by Crippen LogP contribution is 2.16. The smallest absolute Gasteiger partial charge is 0.0155 e. The zero-order valence-electron chi connectivity index (χ0n) is 10.8. The summed E-state index contributed by atoms with van der Waals surface area (Å²) in [5.74, 6) is 0. The molecule has 0 unspecified atom stereocenters. The normalized spacial score (nSPS) is 10.2. The molecule has 0 saturated heterocycles. The van der Waals surface area contributed by atoms with Gasteiger partial charge in [0.25, 0.3) is 0 Å². The minimum atomic E-state index is 1.19. The molecule has 1 aromatic rings. The molecule has 0 aliphatic carbocycles. The molecule has 0 heteroatoms. The Bertz CT molecular complexity index is 368. The molecule has 0 spiro atoms. The lowest BCUT2D eigenvalue weighted by Crippen LogP contribution is -1.84. The number of benzene rings is 1. The Labute approximate surface area is 100 Å². The Morgan fingerprint density at radius 1 is 1.12 bits per heavy atom. The maximum Gasteiger partial charge on any atom is -0.0155 e. The average Bonchev–Trinajstić information content (AvgIpc) is 2.34. The van der Waals surface area contributed by atoms with Gasteiger partial charge in [-0.05, 0) is 30.5 Å². The predicted octanol–water partition coefficient (Wildman–Crippen LogP) is 5.25. The maximum atomic E-state index is 3.81. The van der Waals surface area contributed by atoms with E-state index in [9.17, 15) is 0 Å². The van der Waals surface area contributed by atoms with Gasteiger partial charge in [-0.15, -0.1) is 0 Å². The summed E-state index contributed by atoms with van der Waals surface area (Å²) >= 11 is 0. The molecule has 0 N–H and O–H groups in total. The molecular formula is C16H22. The van der Waals surface area contributed by atoms with Crippen molar-refractivity contribution in [1.29, 1.82) is 0 Å². The molecule has 86 valence electrons. The standard InChI is InChI=1S/C14H16.C2H6/c1-4-6-7-11-14-12(3)9-8-10-13(14)5-2;1-2/h4-11H,2H2,1,3H3;1-2H3/b6-4+,11-7-;. The van der Waals surface area contributed by atoms with Crippen molar-refractivity contribution in [3.63, 3.8) is 0 Å². The van der Waals surface area contributed by atoms with Gasteiger partial charge in [0.15, 0.2) is 0 Å². The lowest BCUT2D eigenvalue weighted by molar-refractivity contribution is 1.43. The van der Waals surface area contributed by atoms with E-state index in [0.717, 1.165) is 0 Å². The van der Waals surface area contributed by atoms with Crippen LogP contribution in [0.25, 0.3) is 12.2 Å². The van der Waals surface area contributed by atoms with Gasteiger partial charge in [-0.2, -0.15) is 0 Å². The van der Waals surface area contributed by atoms with E-state index in [1.807, 2.05) is 39.0 Å². The van der Waals surface area contributed by atoms with E-state index in [1.165, 1.54) is 16.7 Å². The monoisotopic (exact) mass is 214 g/mol. The first kappa shape index (κ1) is 14.4. The minimum absolute atomic E-state index is 1.19. The third-order valence-electron chi connectivity index (χ3n) is 2.14. The van der Waals surface area contributed by atoms with E-state index in [1.54, 1.807) is 0 Å². The predicted molar refractivity (Wildman–Crippen MR) is 76.5 cm³/mol. The summed E-state index contributed by atoms with van der Waals surface area (Å²) in [6.45, 7) is 11.9. The van der Waals surface area contributed by atoms with Gasteiger partial charge in [-0.25, -0.2) is 0 Å². The lowest BCUT2D eigenvalue weighted by Gasteiger charge is -2.03. The molecule has 0 aliphatic heterocycles. The van der Waals surface area contributed by atoms with Crippen LogP contribution in [0.3, 0.4) is 0 Å². The summed E-state index contributed by atoms with van der Waals surface area (Å²) < 4.78 is 0. The van der Waals surface area contributed by atoms with Crippen LogP contribution in [0.1, 0.15) is 37.5 Å². The van der Waals surface area contributed by atoms with Gasteiger partial charge in [0.1, 0.15) is 0 Å². The van der Waals surface area contributed by atoms with Crippen LogP contribution in [-0.2, 0) is 0 Å². The summed E-state index contributed by atoms with van der Waals surface area (Å²) in [5.41, 5.74) is 3.72. The molecular weight excluding hydrogens is 192 g/mol. The second-order valence-electron chi connectivity index (χ2n) is 3.17. The Morgan fingerprint density at radius 3 is 2.38 bits per heavy atom. The molecule has 16 heavy (non-hydrogen) atoms. The largest absolute Gasteiger partial charge is 0.0984 e. The summed E-state index contributed by atoms with van der Waals surface area (Å²) in [6, 6.07) is 6.25. The Kier molecular flexibility index (Phi) is 7.87. The van der Waals surface area contributed by atoms with Crippen molar-refractivity contribution in [1.82, 2.24) is 0 Å². The highest BCUT2D eigenvalue weighted by atomic mass is 14.0. The molecule has 1 aromatic carbocycles. The van der Waals surface area contributed by atoms with Gasteiger partial charge in [0, 0.05) is 0 Å². The van der Waals surface area contributed by atoms with Crippen molar-refractivity contribution in [2.24, 2.45) is 0 Å². The van der Waals surface area contributed by atoms with Crippen LogP contribution in [0.15, 0.2) is 43.0 Å². The molecule has 0 radical (unpaired) electrons. The Morgan fingerprint density at radius 2 is 1.81 bits per heavy atom. The van der Waals surface area contributed by atoms with Crippen molar-refractivity contribution in [3.05, 3.63) is 59.7 Å². The Hall–Kier alpha value is -1.56. The zero-order valence-corrected chi connectivity index (χ0v) is 10.8. The second-order valence-corrected chi connectivity index (χ2v) is 3.17. The highest BCUT2D eigenvalue weighted by molar-refractivity contribution is 5.67. The van der Waals surface area contributed by atoms with Crippen LogP contribution in [0.4, 0.5) is 0 Å². The minimum Gasteiger partial charge on any atom is -0.0984 e. The van der Waals surface area contributed by atoms with E-state index in [2.05, 4.69) is 43.9 Å². The van der Waals surface area contributed by atoms with Crippen LogP contribution >= 0.6 is 0 Å². The highest BCUT2D eigenvalue weighted by Gasteiger charge is 1.97. The number of rotatable bonds is 3. The molecule has 0 saturated carbocycles. The van der Waals surface area contributed by atoms with Crippen LogP contribution in [0, 0.1) is 6.92 Å². The number of hydrogen-bond acceptors (Lipinski definition) is 0. The molecule has 1 rings (SSSR count). The second kappa shape index (κ2) is 8.72. The summed E-state index contributed by atoms with van der Waals surface area (Å²) in [5, 5.41) is 0. The van der Waals surface area contributed by atoms with Crippen molar-refractivity contribution < 1.29 is 0 Å². The first-order valence-electron chi connectivity index (χ1n) is 5.81. The maximum absolute atomic E-state index is 3.81. The molecule has 0 nitrogen and oxygen atoms in total. The van der Waals surface area contributed by atoms with Gasteiger partial charge in [0.2, 0.25) is 0 Å². The van der Waals surface area contributed by atoms with E-state index in [-0.39, 0.29) is 0 Å². The molecule has 0 aliphatic rings. The van der Waals surface area contributed by atoms with Crippen molar-refractivity contribution in [3.8, 4) is 0 Å². The third-order valence-corrected chi connectivity index (χ3v) is 2.14. The number of hydrogen-bond donors (Lipinski definition) is 0. The van der Waals surface area contributed by atoms with Crippen LogP contribution in [0.2, 0.25) is 0 Å². The SMILES string of the molecule is C=Cc1cccc(C)c1/C=C\C=C\C.CC. The summed E-state index contributed by atoms with van der Waals surface area (Å²) in [7, 11) is 0. The van der Waals surface area contributed by atoms with E-state index in [4.69, 9.17) is 0 Å². The fourth-order valence-corrected chi connectivity index (χ4v) is 1.37. The van der Waals surface area contributed by atoms with Gasteiger partial charge >= 0.3 is 0 Å². The summed E-state index contributed by atoms with van der Waals surface area (Å²) in [6.07, 6.45) is 10.1. The first-order valence-corrected chi connectivity index (χ1v) is 5.81. The number of aryl methyl sites for hydroxylation is 1. The molecule has 0 amide bonds.